The third kappa shape index (κ3) is 14.0. The van der Waals surface area contributed by atoms with Gasteiger partial charge in [0.25, 0.3) is 5.91 Å². The molecule has 3 aromatic heterocycles. The number of aromatic nitrogens is 4. The summed E-state index contributed by atoms with van der Waals surface area (Å²) in [5.74, 6) is 2.97. The van der Waals surface area contributed by atoms with Gasteiger partial charge in [-0.3, -0.25) is 4.79 Å². The van der Waals surface area contributed by atoms with Crippen LogP contribution in [0, 0.1) is 22.2 Å². The van der Waals surface area contributed by atoms with Gasteiger partial charge in [-0.05, 0) is 113 Å². The molecule has 0 spiro atoms. The maximum absolute atomic E-state index is 13.5. The Morgan fingerprint density at radius 1 is 0.867 bits per heavy atom. The van der Waals surface area contributed by atoms with E-state index < -0.39 is 0 Å². The molecule has 1 saturated carbocycles. The van der Waals surface area contributed by atoms with E-state index >= 15 is 0 Å². The maximum Gasteiger partial charge on any atom is 0.251 e. The Kier molecular flexibility index (Phi) is 19.6. The Balaban J connectivity index is 0.631. The van der Waals surface area contributed by atoms with Gasteiger partial charge in [0.05, 0.1) is 29.5 Å². The molecule has 404 valence electrons. The fraction of sp³-hybridized carbons (Fsp3) is 0.576. The number of nitrogens with zero attached hydrogens (tertiary/aromatic N) is 7. The molecule has 2 saturated heterocycles. The predicted octanol–water partition coefficient (Wildman–Crippen LogP) is 11.0. The van der Waals surface area contributed by atoms with E-state index in [0.29, 0.717) is 53.1 Å². The summed E-state index contributed by atoms with van der Waals surface area (Å²) >= 11 is 6.27. The second-order valence-corrected chi connectivity index (χ2v) is 22.2. The third-order valence-electron chi connectivity index (χ3n) is 15.7. The number of amides is 1. The van der Waals surface area contributed by atoms with Crippen molar-refractivity contribution in [1.29, 1.82) is 5.26 Å². The molecule has 3 N–H and O–H groups in total. The first-order valence-corrected chi connectivity index (χ1v) is 28.1. The summed E-state index contributed by atoms with van der Waals surface area (Å²) in [6.07, 6.45) is 18.4. The number of aryl methyl sites for hydroxylation is 1. The third-order valence-corrected chi connectivity index (χ3v) is 16.0. The van der Waals surface area contributed by atoms with Gasteiger partial charge in [0.2, 0.25) is 5.88 Å². The van der Waals surface area contributed by atoms with E-state index in [-0.39, 0.29) is 35.5 Å². The van der Waals surface area contributed by atoms with Gasteiger partial charge in [0, 0.05) is 117 Å². The fourth-order valence-electron chi connectivity index (χ4n) is 11.6. The number of anilines is 3. The highest BCUT2D eigenvalue weighted by Gasteiger charge is 2.64. The van der Waals surface area contributed by atoms with E-state index in [9.17, 15) is 15.2 Å². The minimum atomic E-state index is -0.332. The van der Waals surface area contributed by atoms with Crippen LogP contribution in [0.25, 0.3) is 5.65 Å². The summed E-state index contributed by atoms with van der Waals surface area (Å²) in [5.41, 5.74) is 4.55. The minimum Gasteiger partial charge on any atom is -0.489 e. The molecule has 16 heteroatoms. The summed E-state index contributed by atoms with van der Waals surface area (Å²) in [4.78, 5) is 27.9. The molecule has 1 amide bonds. The number of fused-ring (bicyclic) bond motifs is 1. The minimum absolute atomic E-state index is 0.0916. The number of hydrogen-bond donors (Lipinski definition) is 3. The number of benzene rings is 2. The van der Waals surface area contributed by atoms with Crippen molar-refractivity contribution in [1.82, 2.24) is 24.9 Å². The molecule has 1 aliphatic carbocycles. The summed E-state index contributed by atoms with van der Waals surface area (Å²) in [6.45, 7) is 17.1. The molecule has 0 radical (unpaired) electrons. The standard InChI is InChI=1S/C59H80ClN9O6/c1-6-43-41-64-69-51(37-52(65-54(43)69)68-28-11-10-16-47(68)27-31-70)62-39-42-17-24-53(63-40-42)74-35-15-14-33-72-32-12-8-7-9-13-34-73-48-25-29-67(30-26-48)46-21-18-44(19-22-46)55(71)66-56-58(2,3)57(59(56,4)5)75-49-23-20-45(38-61)50(60)36-49/h17-24,36-37,40-41,47-48,56-57,62,70H,6-16,25-35,39H2,1-5H3,(H,66,71)/t47-,56?,57?/m0/s1. The summed E-state index contributed by atoms with van der Waals surface area (Å²) in [6, 6.07) is 21.4. The van der Waals surface area contributed by atoms with Crippen LogP contribution in [0.15, 0.2) is 73.1 Å². The molecule has 1 atom stereocenters. The topological polar surface area (TPSA) is 172 Å². The zero-order chi connectivity index (χ0) is 52.8. The van der Waals surface area contributed by atoms with Crippen LogP contribution < -0.4 is 29.9 Å². The molecular weight excluding hydrogens is 966 g/mol. The van der Waals surface area contributed by atoms with Crippen molar-refractivity contribution in [3.8, 4) is 17.7 Å². The predicted molar refractivity (Wildman–Crippen MR) is 296 cm³/mol. The van der Waals surface area contributed by atoms with Gasteiger partial charge in [-0.1, -0.05) is 71.5 Å². The molecule has 2 aromatic carbocycles. The highest BCUT2D eigenvalue weighted by Crippen LogP contribution is 2.55. The largest absolute Gasteiger partial charge is 0.489 e. The quantitative estimate of drug-likeness (QED) is 0.0425. The van der Waals surface area contributed by atoms with Gasteiger partial charge >= 0.3 is 0 Å². The molecule has 15 nitrogen and oxygen atoms in total. The number of rotatable bonds is 27. The molecule has 0 bridgehead atoms. The Morgan fingerprint density at radius 2 is 1.60 bits per heavy atom. The highest BCUT2D eigenvalue weighted by atomic mass is 35.5. The highest BCUT2D eigenvalue weighted by molar-refractivity contribution is 6.31. The SMILES string of the molecule is CCc1cnn2c(NCc3ccc(OCCCCOCCCCCCCOC4CCN(c5ccc(C(=O)NC6C(C)(C)C(Oc7ccc(C#N)c(Cl)c7)C6(C)C)cc5)CC4)nc3)cc(N3CCCC[C@H]3CCO)nc12. The van der Waals surface area contributed by atoms with Crippen molar-refractivity contribution in [3.63, 3.8) is 0 Å². The second kappa shape index (κ2) is 26.4. The van der Waals surface area contributed by atoms with Crippen molar-refractivity contribution in [3.05, 3.63) is 100 Å². The van der Waals surface area contributed by atoms with E-state index in [2.05, 4.69) is 95.5 Å². The lowest BCUT2D eigenvalue weighted by atomic mass is 9.49. The van der Waals surface area contributed by atoms with Crippen LogP contribution in [0.1, 0.15) is 145 Å². The van der Waals surface area contributed by atoms with Crippen LogP contribution in [-0.4, -0.2) is 108 Å². The van der Waals surface area contributed by atoms with Gasteiger partial charge in [0.1, 0.15) is 29.6 Å². The number of nitriles is 1. The van der Waals surface area contributed by atoms with E-state index in [4.69, 9.17) is 35.5 Å². The summed E-state index contributed by atoms with van der Waals surface area (Å²) in [7, 11) is 0. The summed E-state index contributed by atoms with van der Waals surface area (Å²) < 4.78 is 26.5. The zero-order valence-electron chi connectivity index (χ0n) is 45.0. The van der Waals surface area contributed by atoms with Crippen LogP contribution in [0.4, 0.5) is 17.3 Å². The zero-order valence-corrected chi connectivity index (χ0v) is 45.8. The van der Waals surface area contributed by atoms with Gasteiger partial charge in [0.15, 0.2) is 5.65 Å². The smallest absolute Gasteiger partial charge is 0.251 e. The molecule has 5 aromatic rings. The number of unbranched alkanes of at least 4 members (excludes halogenated alkanes) is 5. The molecule has 8 rings (SSSR count). The maximum atomic E-state index is 13.5. The molecule has 0 unspecified atom stereocenters. The number of halogens is 1. The van der Waals surface area contributed by atoms with Crippen LogP contribution in [0.2, 0.25) is 5.02 Å². The Morgan fingerprint density at radius 3 is 2.31 bits per heavy atom. The number of nitrogens with one attached hydrogen (secondary N) is 2. The monoisotopic (exact) mass is 1050 g/mol. The molecule has 2 aliphatic heterocycles. The summed E-state index contributed by atoms with van der Waals surface area (Å²) in [5, 5.41) is 30.9. The van der Waals surface area contributed by atoms with E-state index in [1.807, 2.05) is 35.1 Å². The first-order chi connectivity index (χ1) is 36.4. The van der Waals surface area contributed by atoms with E-state index in [1.165, 1.54) is 25.7 Å². The number of piperidine rings is 2. The molecule has 75 heavy (non-hydrogen) atoms. The van der Waals surface area contributed by atoms with Gasteiger partial charge in [-0.25, -0.2) is 9.97 Å². The molecule has 3 aliphatic rings. The van der Waals surface area contributed by atoms with Crippen molar-refractivity contribution in [2.75, 3.05) is 67.8 Å². The van der Waals surface area contributed by atoms with Crippen molar-refractivity contribution >= 4 is 40.5 Å². The van der Waals surface area contributed by atoms with Crippen LogP contribution in [-0.2, 0) is 22.4 Å². The average Bonchev–Trinajstić information content (AvgIpc) is 3.85. The Labute approximate surface area is 449 Å². The van der Waals surface area contributed by atoms with Gasteiger partial charge in [-0.2, -0.15) is 14.9 Å². The number of carbonyl (C=O) groups excluding carboxylic acids is 1. The fourth-order valence-corrected chi connectivity index (χ4v) is 11.9. The van der Waals surface area contributed by atoms with E-state index in [1.54, 1.807) is 18.2 Å². The van der Waals surface area contributed by atoms with Crippen LogP contribution in [0.5, 0.6) is 11.6 Å². The molecule has 3 fully saturated rings. The van der Waals surface area contributed by atoms with Gasteiger partial charge < -0.3 is 44.5 Å². The average molecular weight is 1050 g/mol. The first-order valence-electron chi connectivity index (χ1n) is 27.7. The lowest BCUT2D eigenvalue weighted by Gasteiger charge is -2.63. The number of ether oxygens (including phenoxy) is 4. The van der Waals surface area contributed by atoms with Crippen LogP contribution in [0.3, 0.4) is 0 Å². The normalized spacial score (nSPS) is 19.4. The van der Waals surface area contributed by atoms with Gasteiger partial charge in [-0.15, -0.1) is 0 Å². The lowest BCUT2D eigenvalue weighted by molar-refractivity contribution is -0.164. The molecular formula is C59H80ClN9O6. The van der Waals surface area contributed by atoms with E-state index in [0.717, 1.165) is 138 Å². The number of aliphatic hydroxyl groups excluding tert-OH is 1. The van der Waals surface area contributed by atoms with Crippen molar-refractivity contribution in [2.24, 2.45) is 10.8 Å². The van der Waals surface area contributed by atoms with Crippen molar-refractivity contribution < 1.29 is 28.8 Å². The second-order valence-electron chi connectivity index (χ2n) is 21.8. The Bertz CT molecular complexity index is 2630. The number of carbonyl (C=O) groups is 1. The number of aliphatic hydroxyl groups is 1. The molecule has 5 heterocycles. The number of hydrogen-bond acceptors (Lipinski definition) is 13. The lowest BCUT2D eigenvalue weighted by Crippen LogP contribution is -2.74. The number of pyridine rings is 1. The Hall–Kier alpha value is -5.66. The van der Waals surface area contributed by atoms with Crippen molar-refractivity contribution in [2.45, 2.75) is 155 Å². The first kappa shape index (κ1) is 55.6. The van der Waals surface area contributed by atoms with Crippen LogP contribution >= 0.6 is 11.6 Å².